The number of rotatable bonds is 1. The predicted octanol–water partition coefficient (Wildman–Crippen LogP) is 7.73. The Kier molecular flexibility index (Phi) is 3.77. The monoisotopic (exact) mass is 420 g/mol. The van der Waals surface area contributed by atoms with E-state index in [1.165, 1.54) is 21.9 Å². The van der Waals surface area contributed by atoms with Crippen molar-refractivity contribution in [3.8, 4) is 11.3 Å². The van der Waals surface area contributed by atoms with Gasteiger partial charge in [0.15, 0.2) is 0 Å². The molecule has 0 N–H and O–H groups in total. The Balaban J connectivity index is 1.82. The van der Waals surface area contributed by atoms with Gasteiger partial charge in [0.25, 0.3) is 0 Å². The third-order valence-corrected chi connectivity index (χ3v) is 6.86. The number of aromatic nitrogens is 2. The fraction of sp³-hybridized carbons (Fsp3) is 0.310. The van der Waals surface area contributed by atoms with Crippen LogP contribution in [-0.4, -0.2) is 9.97 Å². The van der Waals surface area contributed by atoms with Crippen LogP contribution >= 0.6 is 0 Å². The van der Waals surface area contributed by atoms with Crippen molar-refractivity contribution in [3.63, 3.8) is 0 Å². The number of hydrogen-bond donors (Lipinski definition) is 0. The Bertz CT molecular complexity index is 1560. The van der Waals surface area contributed by atoms with Crippen LogP contribution in [0.25, 0.3) is 44.2 Å². The molecule has 0 fully saturated rings. The van der Waals surface area contributed by atoms with Gasteiger partial charge in [0.1, 0.15) is 11.2 Å². The molecule has 0 saturated carbocycles. The van der Waals surface area contributed by atoms with E-state index < -0.39 is 0 Å². The minimum Gasteiger partial charge on any atom is -0.455 e. The summed E-state index contributed by atoms with van der Waals surface area (Å²) in [5, 5.41) is 2.41. The van der Waals surface area contributed by atoms with Crippen molar-refractivity contribution in [1.29, 1.82) is 0 Å². The molecule has 160 valence electrons. The summed E-state index contributed by atoms with van der Waals surface area (Å²) in [4.78, 5) is 10.3. The Morgan fingerprint density at radius 1 is 0.844 bits per heavy atom. The highest BCUT2D eigenvalue weighted by molar-refractivity contribution is 6.16. The first-order chi connectivity index (χ1) is 15.1. The first kappa shape index (κ1) is 19.5. The summed E-state index contributed by atoms with van der Waals surface area (Å²) < 4.78 is 6.67. The summed E-state index contributed by atoms with van der Waals surface area (Å²) in [5.74, 6) is 0. The second kappa shape index (κ2) is 6.19. The third-order valence-electron chi connectivity index (χ3n) is 6.86. The van der Waals surface area contributed by atoms with Crippen LogP contribution in [0.3, 0.4) is 0 Å². The number of fused-ring (bicyclic) bond motifs is 3. The first-order valence-electron chi connectivity index (χ1n) is 11.4. The van der Waals surface area contributed by atoms with E-state index in [1.807, 2.05) is 18.2 Å². The van der Waals surface area contributed by atoms with Crippen LogP contribution in [0, 0.1) is 12.3 Å². The minimum atomic E-state index is -0.311. The zero-order chi connectivity index (χ0) is 22.4. The fourth-order valence-electron chi connectivity index (χ4n) is 5.34. The van der Waals surface area contributed by atoms with Gasteiger partial charge in [0, 0.05) is 21.8 Å². The van der Waals surface area contributed by atoms with Gasteiger partial charge in [-0.05, 0) is 47.6 Å². The molecular formula is C29H28N2O. The Labute approximate surface area is 188 Å². The quantitative estimate of drug-likeness (QED) is 0.278. The summed E-state index contributed by atoms with van der Waals surface area (Å²) in [7, 11) is 0. The second-order valence-corrected chi connectivity index (χ2v) is 11.0. The standard InChI is InChI=1S/C29H28N2O/c1-16-11-13-18-22-23-19(14-12-17(15-28(2,3)4)26(23)32-25(16)22)29(5,6)27-24(18)30-20-9-7-8-10-21(20)31-27/h7-14H,15H2,1-6H3. The molecule has 0 atom stereocenters. The summed E-state index contributed by atoms with van der Waals surface area (Å²) in [6.07, 6.45) is 0.964. The van der Waals surface area contributed by atoms with Gasteiger partial charge in [0.05, 0.1) is 22.4 Å². The summed E-state index contributed by atoms with van der Waals surface area (Å²) in [6.45, 7) is 13.5. The molecule has 0 spiro atoms. The molecule has 2 heterocycles. The molecule has 0 aliphatic heterocycles. The van der Waals surface area contributed by atoms with E-state index in [1.54, 1.807) is 0 Å². The van der Waals surface area contributed by atoms with Crippen LogP contribution in [-0.2, 0) is 11.8 Å². The molecule has 1 aliphatic rings. The van der Waals surface area contributed by atoms with Gasteiger partial charge in [0.2, 0.25) is 0 Å². The van der Waals surface area contributed by atoms with Gasteiger partial charge in [-0.25, -0.2) is 9.97 Å². The zero-order valence-corrected chi connectivity index (χ0v) is 19.6. The van der Waals surface area contributed by atoms with Crippen molar-refractivity contribution < 1.29 is 4.42 Å². The van der Waals surface area contributed by atoms with E-state index >= 15 is 0 Å². The molecular weight excluding hydrogens is 392 g/mol. The maximum atomic E-state index is 6.67. The Morgan fingerprint density at radius 3 is 2.28 bits per heavy atom. The van der Waals surface area contributed by atoms with Crippen molar-refractivity contribution in [2.24, 2.45) is 5.41 Å². The summed E-state index contributed by atoms with van der Waals surface area (Å²) >= 11 is 0. The van der Waals surface area contributed by atoms with Crippen molar-refractivity contribution in [3.05, 3.63) is 70.9 Å². The van der Waals surface area contributed by atoms with Crippen LogP contribution in [0.1, 0.15) is 57.0 Å². The molecule has 0 radical (unpaired) electrons. The Hall–Kier alpha value is -3.20. The lowest BCUT2D eigenvalue weighted by molar-refractivity contribution is 0.410. The van der Waals surface area contributed by atoms with Crippen LogP contribution in [0.4, 0.5) is 0 Å². The van der Waals surface area contributed by atoms with Gasteiger partial charge in [-0.15, -0.1) is 0 Å². The molecule has 0 bridgehead atoms. The average Bonchev–Trinajstić information content (AvgIpc) is 3.11. The molecule has 3 heteroatoms. The van der Waals surface area contributed by atoms with Crippen LogP contribution in [0.15, 0.2) is 52.9 Å². The smallest absolute Gasteiger partial charge is 0.139 e. The maximum Gasteiger partial charge on any atom is 0.139 e. The van der Waals surface area contributed by atoms with E-state index in [2.05, 4.69) is 71.9 Å². The lowest BCUT2D eigenvalue weighted by atomic mass is 9.78. The van der Waals surface area contributed by atoms with Gasteiger partial charge in [-0.3, -0.25) is 0 Å². The first-order valence-corrected chi connectivity index (χ1v) is 11.4. The highest BCUT2D eigenvalue weighted by Crippen LogP contribution is 2.50. The van der Waals surface area contributed by atoms with Crippen molar-refractivity contribution in [2.75, 3.05) is 0 Å². The van der Waals surface area contributed by atoms with Crippen molar-refractivity contribution in [2.45, 2.75) is 53.4 Å². The number of aryl methyl sites for hydroxylation is 1. The molecule has 1 aliphatic carbocycles. The highest BCUT2D eigenvalue weighted by atomic mass is 16.3. The number of hydrogen-bond acceptors (Lipinski definition) is 3. The summed E-state index contributed by atoms with van der Waals surface area (Å²) in [5.41, 5.74) is 10.5. The van der Waals surface area contributed by atoms with Gasteiger partial charge in [-0.1, -0.05) is 71.0 Å². The van der Waals surface area contributed by atoms with Crippen LogP contribution in [0.2, 0.25) is 0 Å². The number of para-hydroxylation sites is 2. The molecule has 0 amide bonds. The highest BCUT2D eigenvalue weighted by Gasteiger charge is 2.37. The minimum absolute atomic E-state index is 0.171. The summed E-state index contributed by atoms with van der Waals surface area (Å²) in [6, 6.07) is 17.1. The maximum absolute atomic E-state index is 6.67. The Morgan fingerprint density at radius 2 is 1.56 bits per heavy atom. The van der Waals surface area contributed by atoms with Gasteiger partial charge < -0.3 is 4.42 Å². The van der Waals surface area contributed by atoms with E-state index in [0.717, 1.165) is 51.1 Å². The van der Waals surface area contributed by atoms with Crippen molar-refractivity contribution in [1.82, 2.24) is 9.97 Å². The zero-order valence-electron chi connectivity index (χ0n) is 19.6. The number of benzene rings is 3. The third kappa shape index (κ3) is 2.60. The molecule has 0 saturated heterocycles. The molecule has 3 aromatic carbocycles. The van der Waals surface area contributed by atoms with Gasteiger partial charge >= 0.3 is 0 Å². The van der Waals surface area contributed by atoms with E-state index in [4.69, 9.17) is 14.4 Å². The topological polar surface area (TPSA) is 38.9 Å². The fourth-order valence-corrected chi connectivity index (χ4v) is 5.34. The van der Waals surface area contributed by atoms with Crippen molar-refractivity contribution >= 4 is 33.0 Å². The van der Waals surface area contributed by atoms with E-state index in [-0.39, 0.29) is 10.8 Å². The molecule has 6 rings (SSSR count). The lowest BCUT2D eigenvalue weighted by Gasteiger charge is -2.27. The van der Waals surface area contributed by atoms with E-state index in [0.29, 0.717) is 0 Å². The van der Waals surface area contributed by atoms with E-state index in [9.17, 15) is 0 Å². The normalized spacial score (nSPS) is 14.9. The number of furan rings is 1. The largest absolute Gasteiger partial charge is 0.455 e. The number of nitrogens with zero attached hydrogens (tertiary/aromatic N) is 2. The lowest BCUT2D eigenvalue weighted by Crippen LogP contribution is -2.22. The van der Waals surface area contributed by atoms with Crippen LogP contribution < -0.4 is 0 Å². The average molecular weight is 421 g/mol. The molecule has 5 aromatic rings. The molecule has 32 heavy (non-hydrogen) atoms. The van der Waals surface area contributed by atoms with Crippen LogP contribution in [0.5, 0.6) is 0 Å². The molecule has 0 unspecified atom stereocenters. The van der Waals surface area contributed by atoms with Gasteiger partial charge in [-0.2, -0.15) is 0 Å². The second-order valence-electron chi connectivity index (χ2n) is 11.0. The predicted molar refractivity (Wildman–Crippen MR) is 132 cm³/mol. The molecule has 3 nitrogen and oxygen atoms in total. The SMILES string of the molecule is Cc1ccc2c3c1oc1c(CC(C)(C)C)ccc(c13)C(C)(C)c1nc3ccccc3nc1-2. The molecule has 2 aromatic heterocycles.